The molecule has 1 rings (SSSR count). The molecule has 0 bridgehead atoms. The topological polar surface area (TPSA) is 62.2 Å². The molecule has 0 radical (unpaired) electrons. The first kappa shape index (κ1) is 20.2. The highest BCUT2D eigenvalue weighted by molar-refractivity contribution is 5.97. The van der Waals surface area contributed by atoms with Gasteiger partial charge in [0.2, 0.25) is 0 Å². The van der Waals surface area contributed by atoms with Crippen molar-refractivity contribution in [3.8, 4) is 5.75 Å². The monoisotopic (exact) mass is 332 g/mol. The highest BCUT2D eigenvalue weighted by Crippen LogP contribution is 2.14. The second-order valence-electron chi connectivity index (χ2n) is 6.37. The van der Waals surface area contributed by atoms with Crippen LogP contribution in [0.1, 0.15) is 76.1 Å². The summed E-state index contributed by atoms with van der Waals surface area (Å²) in [6, 6.07) is 6.95. The van der Waals surface area contributed by atoms with E-state index in [4.69, 9.17) is 10.1 Å². The molecular formula is C20H32N2O2. The minimum Gasteiger partial charge on any atom is -0.494 e. The molecule has 0 aliphatic heterocycles. The van der Waals surface area contributed by atoms with Crippen molar-refractivity contribution in [1.82, 2.24) is 5.32 Å². The maximum atomic E-state index is 12.0. The van der Waals surface area contributed by atoms with Crippen LogP contribution in [0.4, 0.5) is 0 Å². The number of amides is 1. The van der Waals surface area contributed by atoms with E-state index in [0.29, 0.717) is 11.3 Å². The molecule has 1 aromatic carbocycles. The summed E-state index contributed by atoms with van der Waals surface area (Å²) < 4.78 is 5.72. The third kappa shape index (κ3) is 8.14. The van der Waals surface area contributed by atoms with Crippen LogP contribution in [0.25, 0.3) is 0 Å². The molecule has 134 valence electrons. The second-order valence-corrected chi connectivity index (χ2v) is 6.37. The van der Waals surface area contributed by atoms with Crippen LogP contribution in [0.2, 0.25) is 0 Å². The summed E-state index contributed by atoms with van der Waals surface area (Å²) in [4.78, 5) is 12.0. The van der Waals surface area contributed by atoms with E-state index in [-0.39, 0.29) is 11.9 Å². The van der Waals surface area contributed by atoms with Gasteiger partial charge in [-0.25, -0.2) is 0 Å². The molecular weight excluding hydrogens is 300 g/mol. The van der Waals surface area contributed by atoms with Crippen molar-refractivity contribution >= 4 is 11.6 Å². The van der Waals surface area contributed by atoms with Gasteiger partial charge in [0.25, 0.3) is 5.91 Å². The summed E-state index contributed by atoms with van der Waals surface area (Å²) >= 11 is 0. The summed E-state index contributed by atoms with van der Waals surface area (Å²) in [5.41, 5.74) is 1.03. The lowest BCUT2D eigenvalue weighted by molar-refractivity contribution is 0.0949. The molecule has 1 amide bonds. The van der Waals surface area contributed by atoms with Gasteiger partial charge in [-0.05, 0) is 44.5 Å². The number of unbranched alkanes of at least 4 members (excludes halogenated alkanes) is 6. The molecule has 0 spiro atoms. The number of carbonyl (C=O) groups is 1. The fourth-order valence-electron chi connectivity index (χ4n) is 2.34. The summed E-state index contributed by atoms with van der Waals surface area (Å²) in [5, 5.41) is 10.3. The maximum Gasteiger partial charge on any atom is 0.251 e. The summed E-state index contributed by atoms with van der Waals surface area (Å²) in [6.45, 7) is 6.45. The fourth-order valence-corrected chi connectivity index (χ4v) is 2.34. The molecule has 1 unspecified atom stereocenters. The molecule has 4 nitrogen and oxygen atoms in total. The van der Waals surface area contributed by atoms with Crippen LogP contribution in [0.15, 0.2) is 24.3 Å². The van der Waals surface area contributed by atoms with Gasteiger partial charge >= 0.3 is 0 Å². The Hall–Kier alpha value is -1.84. The van der Waals surface area contributed by atoms with Crippen LogP contribution in [-0.2, 0) is 0 Å². The van der Waals surface area contributed by atoms with Crippen LogP contribution in [0.5, 0.6) is 5.75 Å². The number of rotatable bonds is 12. The minimum absolute atomic E-state index is 0.160. The van der Waals surface area contributed by atoms with Crippen LogP contribution < -0.4 is 10.1 Å². The van der Waals surface area contributed by atoms with Gasteiger partial charge in [-0.15, -0.1) is 0 Å². The van der Waals surface area contributed by atoms with Crippen LogP contribution in [-0.4, -0.2) is 24.3 Å². The lowest BCUT2D eigenvalue weighted by Gasteiger charge is -2.12. The van der Waals surface area contributed by atoms with Crippen molar-refractivity contribution in [3.63, 3.8) is 0 Å². The van der Waals surface area contributed by atoms with E-state index in [1.54, 1.807) is 26.0 Å². The minimum atomic E-state index is -0.245. The first-order valence-corrected chi connectivity index (χ1v) is 9.13. The first-order valence-electron chi connectivity index (χ1n) is 9.13. The predicted octanol–water partition coefficient (Wildman–Crippen LogP) is 4.97. The smallest absolute Gasteiger partial charge is 0.251 e. The molecule has 0 aromatic heterocycles. The van der Waals surface area contributed by atoms with Gasteiger partial charge < -0.3 is 15.5 Å². The van der Waals surface area contributed by atoms with E-state index in [1.165, 1.54) is 38.5 Å². The number of hydrogen-bond donors (Lipinski definition) is 2. The number of carbonyl (C=O) groups excluding carboxylic acids is 1. The Morgan fingerprint density at radius 1 is 1.08 bits per heavy atom. The van der Waals surface area contributed by atoms with E-state index >= 15 is 0 Å². The summed E-state index contributed by atoms with van der Waals surface area (Å²) in [5.74, 6) is 0.640. The average molecular weight is 332 g/mol. The van der Waals surface area contributed by atoms with E-state index in [1.807, 2.05) is 12.1 Å². The van der Waals surface area contributed by atoms with Gasteiger partial charge in [-0.1, -0.05) is 45.4 Å². The summed E-state index contributed by atoms with van der Waals surface area (Å²) in [6.07, 6.45) is 8.87. The van der Waals surface area contributed by atoms with Crippen molar-refractivity contribution in [3.05, 3.63) is 29.8 Å². The van der Waals surface area contributed by atoms with Gasteiger partial charge in [0, 0.05) is 11.3 Å². The standard InChI is InChI=1S/C20H32N2O2/c1-4-5-6-7-8-9-10-15-24-19-13-11-18(12-14-19)20(23)22-17(3)16(2)21/h11-14,17,21H,4-10,15H2,1-3H3,(H,22,23). The molecule has 24 heavy (non-hydrogen) atoms. The lowest BCUT2D eigenvalue weighted by Crippen LogP contribution is -2.36. The Morgan fingerprint density at radius 2 is 1.67 bits per heavy atom. The molecule has 2 N–H and O–H groups in total. The normalized spacial score (nSPS) is 11.8. The van der Waals surface area contributed by atoms with E-state index in [0.717, 1.165) is 18.8 Å². The number of nitrogens with one attached hydrogen (secondary N) is 2. The van der Waals surface area contributed by atoms with Gasteiger partial charge in [0.15, 0.2) is 0 Å². The molecule has 0 aliphatic carbocycles. The zero-order valence-electron chi connectivity index (χ0n) is 15.4. The molecule has 1 aromatic rings. The Bertz CT molecular complexity index is 497. The molecule has 0 aliphatic rings. The van der Waals surface area contributed by atoms with Gasteiger partial charge in [-0.2, -0.15) is 0 Å². The molecule has 4 heteroatoms. The quantitative estimate of drug-likeness (QED) is 0.419. The van der Waals surface area contributed by atoms with Crippen molar-refractivity contribution in [2.75, 3.05) is 6.61 Å². The third-order valence-corrected chi connectivity index (χ3v) is 4.13. The zero-order valence-corrected chi connectivity index (χ0v) is 15.4. The Labute approximate surface area is 146 Å². The number of benzene rings is 1. The predicted molar refractivity (Wildman–Crippen MR) is 100 cm³/mol. The van der Waals surface area contributed by atoms with Gasteiger partial charge in [0.05, 0.1) is 12.6 Å². The maximum absolute atomic E-state index is 12.0. The molecule has 0 heterocycles. The largest absolute Gasteiger partial charge is 0.494 e. The second kappa shape index (κ2) is 11.7. The zero-order chi connectivity index (χ0) is 17.8. The van der Waals surface area contributed by atoms with Gasteiger partial charge in [0.1, 0.15) is 5.75 Å². The first-order chi connectivity index (χ1) is 11.5. The summed E-state index contributed by atoms with van der Waals surface area (Å²) in [7, 11) is 0. The molecule has 0 fully saturated rings. The average Bonchev–Trinajstić information content (AvgIpc) is 2.57. The molecule has 0 saturated heterocycles. The lowest BCUT2D eigenvalue weighted by atomic mass is 10.1. The molecule has 0 saturated carbocycles. The highest BCUT2D eigenvalue weighted by Gasteiger charge is 2.10. The van der Waals surface area contributed by atoms with Crippen molar-refractivity contribution < 1.29 is 9.53 Å². The van der Waals surface area contributed by atoms with Crippen molar-refractivity contribution in [2.24, 2.45) is 0 Å². The van der Waals surface area contributed by atoms with Gasteiger partial charge in [-0.3, -0.25) is 4.79 Å². The van der Waals surface area contributed by atoms with E-state index in [9.17, 15) is 4.79 Å². The Morgan fingerprint density at radius 3 is 2.25 bits per heavy atom. The third-order valence-electron chi connectivity index (χ3n) is 4.13. The van der Waals surface area contributed by atoms with E-state index in [2.05, 4.69) is 12.2 Å². The van der Waals surface area contributed by atoms with Crippen LogP contribution >= 0.6 is 0 Å². The van der Waals surface area contributed by atoms with Crippen LogP contribution in [0.3, 0.4) is 0 Å². The van der Waals surface area contributed by atoms with E-state index < -0.39 is 0 Å². The SMILES string of the molecule is CCCCCCCCCOc1ccc(C(=O)NC(C)C(C)=N)cc1. The number of ether oxygens (including phenoxy) is 1. The van der Waals surface area contributed by atoms with Crippen molar-refractivity contribution in [1.29, 1.82) is 5.41 Å². The Kier molecular flexibility index (Phi) is 9.81. The fraction of sp³-hybridized carbons (Fsp3) is 0.600. The highest BCUT2D eigenvalue weighted by atomic mass is 16.5. The molecule has 1 atom stereocenters. The van der Waals surface area contributed by atoms with Crippen molar-refractivity contribution in [2.45, 2.75) is 71.8 Å². The number of hydrogen-bond acceptors (Lipinski definition) is 3. The van der Waals surface area contributed by atoms with Crippen LogP contribution in [0, 0.1) is 5.41 Å². The Balaban J connectivity index is 2.25.